The van der Waals surface area contributed by atoms with Gasteiger partial charge in [-0.15, -0.1) is 0 Å². The van der Waals surface area contributed by atoms with Crippen LogP contribution in [0.3, 0.4) is 0 Å². The molecular weight excluding hydrogens is 430 g/mol. The molecule has 3 aromatic rings. The zero-order chi connectivity index (χ0) is 22.9. The molecule has 4 aliphatic heterocycles. The van der Waals surface area contributed by atoms with Crippen molar-refractivity contribution in [3.63, 3.8) is 0 Å². The summed E-state index contributed by atoms with van der Waals surface area (Å²) < 4.78 is 16.9. The Kier molecular flexibility index (Phi) is 4.40. The van der Waals surface area contributed by atoms with Crippen LogP contribution in [0, 0.1) is 17.8 Å². The number of piperidine rings is 3. The molecule has 1 saturated carbocycles. The van der Waals surface area contributed by atoms with Crippen molar-refractivity contribution in [3.05, 3.63) is 59.9 Å². The van der Waals surface area contributed by atoms with Crippen molar-refractivity contribution < 1.29 is 18.7 Å². The first kappa shape index (κ1) is 20.2. The monoisotopic (exact) mass is 459 g/mol. The summed E-state index contributed by atoms with van der Waals surface area (Å²) in [6.07, 6.45) is 4.13. The largest absolute Gasteiger partial charge is 0.497 e. The van der Waals surface area contributed by atoms with Crippen LogP contribution in [-0.4, -0.2) is 55.2 Å². The maximum Gasteiger partial charge on any atom is 0.219 e. The zero-order valence-corrected chi connectivity index (χ0v) is 19.6. The number of ether oxygens (including phenoxy) is 2. The summed E-state index contributed by atoms with van der Waals surface area (Å²) in [5, 5.41) is 5.87. The Morgan fingerprint density at radius 3 is 2.62 bits per heavy atom. The van der Waals surface area contributed by atoms with Crippen LogP contribution in [-0.2, 0) is 11.4 Å². The second-order valence-corrected chi connectivity index (χ2v) is 10.1. The Morgan fingerprint density at radius 2 is 1.85 bits per heavy atom. The molecule has 1 aliphatic carbocycles. The second-order valence-electron chi connectivity index (χ2n) is 10.1. The highest BCUT2D eigenvalue weighted by Crippen LogP contribution is 2.55. The third-order valence-corrected chi connectivity index (χ3v) is 8.37. The third kappa shape index (κ3) is 2.83. The minimum atomic E-state index is -0.425. The maximum absolute atomic E-state index is 6.57. The molecule has 3 saturated heterocycles. The summed E-state index contributed by atoms with van der Waals surface area (Å²) >= 11 is 0. The molecule has 0 radical (unpaired) electrons. The van der Waals surface area contributed by atoms with E-state index in [0.717, 1.165) is 58.4 Å². The summed E-state index contributed by atoms with van der Waals surface area (Å²) in [5.74, 6) is 4.10. The first-order valence-electron chi connectivity index (χ1n) is 12.1. The fourth-order valence-corrected chi connectivity index (χ4v) is 6.97. The molecule has 8 rings (SSSR count). The van der Waals surface area contributed by atoms with E-state index >= 15 is 0 Å². The predicted molar refractivity (Wildman–Crippen MR) is 128 cm³/mol. The third-order valence-electron chi connectivity index (χ3n) is 8.37. The minimum Gasteiger partial charge on any atom is -0.497 e. The molecule has 34 heavy (non-hydrogen) atoms. The summed E-state index contributed by atoms with van der Waals surface area (Å²) in [7, 11) is 3.39. The molecule has 1 spiro atoms. The van der Waals surface area contributed by atoms with Crippen molar-refractivity contribution >= 4 is 16.8 Å². The fourth-order valence-electron chi connectivity index (χ4n) is 6.97. The lowest BCUT2D eigenvalue weighted by Crippen LogP contribution is -2.71. The SMILES string of the molecule is COc1ccc(CN2C(c3ccc4ccoc4c3)=NOC23C2CC4CC3CN(C4)C2)c(OC)c1. The van der Waals surface area contributed by atoms with Gasteiger partial charge in [0.2, 0.25) is 5.72 Å². The van der Waals surface area contributed by atoms with E-state index in [2.05, 4.69) is 34.1 Å². The summed E-state index contributed by atoms with van der Waals surface area (Å²) in [5.41, 5.74) is 2.54. The highest BCUT2D eigenvalue weighted by atomic mass is 16.7. The first-order valence-corrected chi connectivity index (χ1v) is 12.1. The Morgan fingerprint density at radius 1 is 1.00 bits per heavy atom. The van der Waals surface area contributed by atoms with Crippen molar-refractivity contribution in [1.29, 1.82) is 0 Å². The molecule has 0 N–H and O–H groups in total. The molecule has 0 amide bonds. The lowest BCUT2D eigenvalue weighted by molar-refractivity contribution is -0.251. The molecule has 2 aromatic carbocycles. The van der Waals surface area contributed by atoms with Crippen LogP contribution in [0.5, 0.6) is 11.5 Å². The molecule has 2 atom stereocenters. The van der Waals surface area contributed by atoms with Crippen LogP contribution < -0.4 is 9.47 Å². The molecule has 5 heterocycles. The van der Waals surface area contributed by atoms with Crippen molar-refractivity contribution in [1.82, 2.24) is 9.80 Å². The van der Waals surface area contributed by atoms with E-state index < -0.39 is 5.72 Å². The number of furan rings is 1. The van der Waals surface area contributed by atoms with Crippen LogP contribution >= 0.6 is 0 Å². The summed E-state index contributed by atoms with van der Waals surface area (Å²) in [4.78, 5) is 11.6. The Bertz CT molecular complexity index is 1250. The van der Waals surface area contributed by atoms with Gasteiger partial charge in [-0.1, -0.05) is 17.3 Å². The van der Waals surface area contributed by atoms with Crippen LogP contribution in [0.2, 0.25) is 0 Å². The molecular formula is C27H29N3O4. The minimum absolute atomic E-state index is 0.425. The van der Waals surface area contributed by atoms with Gasteiger partial charge in [-0.2, -0.15) is 0 Å². The number of benzene rings is 2. The quantitative estimate of drug-likeness (QED) is 0.567. The number of hydrogen-bond acceptors (Lipinski definition) is 7. The average molecular weight is 460 g/mol. The number of oxime groups is 1. The topological polar surface area (TPSA) is 59.7 Å². The van der Waals surface area contributed by atoms with E-state index in [9.17, 15) is 0 Å². The predicted octanol–water partition coefficient (Wildman–Crippen LogP) is 4.31. The molecule has 4 fully saturated rings. The molecule has 176 valence electrons. The molecule has 4 bridgehead atoms. The Labute approximate surface area is 198 Å². The highest BCUT2D eigenvalue weighted by molar-refractivity contribution is 6.02. The van der Waals surface area contributed by atoms with Gasteiger partial charge in [0.15, 0.2) is 5.84 Å². The number of amidine groups is 1. The van der Waals surface area contributed by atoms with Crippen LogP contribution in [0.25, 0.3) is 11.0 Å². The standard InChI is InChI=1S/C27H29N3O4/c1-31-23-6-5-20(24(12-23)32-2)14-30-26(19-4-3-18-7-8-33-25(18)11-19)28-34-27(30)21-9-17-10-22(27)16-29(13-17)15-21/h3-8,11-12,17,21-22H,9-10,13-16H2,1-2H3. The van der Waals surface area contributed by atoms with Crippen LogP contribution in [0.1, 0.15) is 24.0 Å². The summed E-state index contributed by atoms with van der Waals surface area (Å²) in [6, 6.07) is 14.3. The van der Waals surface area contributed by atoms with Gasteiger partial charge >= 0.3 is 0 Å². The van der Waals surface area contributed by atoms with Gasteiger partial charge in [0.05, 0.1) is 27.0 Å². The number of rotatable bonds is 5. The molecule has 7 nitrogen and oxygen atoms in total. The molecule has 1 aromatic heterocycles. The van der Waals surface area contributed by atoms with E-state index in [1.807, 2.05) is 18.2 Å². The number of methoxy groups -OCH3 is 2. The number of nitrogens with zero attached hydrogens (tertiary/aromatic N) is 3. The summed E-state index contributed by atoms with van der Waals surface area (Å²) in [6.45, 7) is 4.03. The smallest absolute Gasteiger partial charge is 0.219 e. The Hall–Kier alpha value is -3.19. The van der Waals surface area contributed by atoms with Crippen molar-refractivity contribution in [2.45, 2.75) is 25.1 Å². The second kappa shape index (κ2) is 7.40. The van der Waals surface area contributed by atoms with E-state index in [1.54, 1.807) is 20.5 Å². The maximum atomic E-state index is 6.57. The number of hydrogen-bond donors (Lipinski definition) is 0. The Balaban J connectivity index is 1.33. The van der Waals surface area contributed by atoms with E-state index in [4.69, 9.17) is 23.9 Å². The van der Waals surface area contributed by atoms with Crippen LogP contribution in [0.15, 0.2) is 58.3 Å². The van der Waals surface area contributed by atoms with Gasteiger partial charge in [-0.25, -0.2) is 0 Å². The molecule has 7 heteroatoms. The molecule has 2 unspecified atom stereocenters. The van der Waals surface area contributed by atoms with E-state index in [1.165, 1.54) is 19.4 Å². The van der Waals surface area contributed by atoms with E-state index in [-0.39, 0.29) is 0 Å². The van der Waals surface area contributed by atoms with E-state index in [0.29, 0.717) is 18.4 Å². The van der Waals surface area contributed by atoms with Crippen LogP contribution in [0.4, 0.5) is 0 Å². The van der Waals surface area contributed by atoms with Gasteiger partial charge in [0, 0.05) is 54.0 Å². The lowest BCUT2D eigenvalue weighted by Gasteiger charge is -2.61. The van der Waals surface area contributed by atoms with Gasteiger partial charge in [-0.3, -0.25) is 0 Å². The van der Waals surface area contributed by atoms with Crippen molar-refractivity contribution in [3.8, 4) is 11.5 Å². The van der Waals surface area contributed by atoms with Crippen molar-refractivity contribution in [2.75, 3.05) is 33.9 Å². The lowest BCUT2D eigenvalue weighted by atomic mass is 9.62. The van der Waals surface area contributed by atoms with Crippen molar-refractivity contribution in [2.24, 2.45) is 22.9 Å². The highest BCUT2D eigenvalue weighted by Gasteiger charge is 2.64. The molecule has 5 aliphatic rings. The zero-order valence-electron chi connectivity index (χ0n) is 19.6. The van der Waals surface area contributed by atoms with Gasteiger partial charge in [0.25, 0.3) is 0 Å². The fraction of sp³-hybridized carbons (Fsp3) is 0.444. The first-order chi connectivity index (χ1) is 16.7. The van der Waals surface area contributed by atoms with Gasteiger partial charge < -0.3 is 28.5 Å². The van der Waals surface area contributed by atoms with Gasteiger partial charge in [-0.05, 0) is 43.0 Å². The van der Waals surface area contributed by atoms with Gasteiger partial charge in [0.1, 0.15) is 17.1 Å². The number of fused-ring (bicyclic) bond motifs is 1. The average Bonchev–Trinajstić information content (AvgIpc) is 3.47. The normalized spacial score (nSPS) is 31.2.